The van der Waals surface area contributed by atoms with E-state index in [0.29, 0.717) is 10.9 Å². The van der Waals surface area contributed by atoms with Gasteiger partial charge in [0.2, 0.25) is 8.03 Å². The summed E-state index contributed by atoms with van der Waals surface area (Å²) in [6.45, 7) is 1.89. The number of benzene rings is 2. The molecule has 0 aliphatic rings. The second-order valence-electron chi connectivity index (χ2n) is 4.37. The number of rotatable bonds is 3. The first-order valence-electron chi connectivity index (χ1n) is 6.06. The van der Waals surface area contributed by atoms with Crippen molar-refractivity contribution in [3.05, 3.63) is 53.6 Å². The zero-order chi connectivity index (χ0) is 14.7. The molecule has 0 saturated carbocycles. The molecule has 1 atom stereocenters. The largest absolute Gasteiger partial charge is 0.465 e. The van der Waals surface area contributed by atoms with Gasteiger partial charge >= 0.3 is 5.97 Å². The van der Waals surface area contributed by atoms with Crippen LogP contribution in [0.25, 0.3) is 11.1 Å². The molecule has 104 valence electrons. The average molecular weight is 290 g/mol. The molecule has 2 rings (SSSR count). The third-order valence-electron chi connectivity index (χ3n) is 3.10. The van der Waals surface area contributed by atoms with Gasteiger partial charge in [-0.1, -0.05) is 24.3 Å². The molecule has 20 heavy (non-hydrogen) atoms. The smallest absolute Gasteiger partial charge is 0.337 e. The number of ether oxygens (including phenoxy) is 1. The lowest BCUT2D eigenvalue weighted by Crippen LogP contribution is -2.04. The lowest BCUT2D eigenvalue weighted by Gasteiger charge is -2.11. The van der Waals surface area contributed by atoms with Crippen molar-refractivity contribution < 1.29 is 19.0 Å². The third-order valence-corrected chi connectivity index (χ3v) is 3.98. The van der Waals surface area contributed by atoms with Gasteiger partial charge in [0.15, 0.2) is 0 Å². The highest BCUT2D eigenvalue weighted by Gasteiger charge is 2.12. The second kappa shape index (κ2) is 6.04. The molecular formula is C15H15O4P. The standard InChI is InChI=1S/C15H15O4P/c1-10-4-3-5-13(20(17)18)14(10)11-6-8-12(9-7-11)15(16)19-2/h3-9,20H,1-2H3,(H,17,18). The van der Waals surface area contributed by atoms with Crippen molar-refractivity contribution in [3.8, 4) is 11.1 Å². The van der Waals surface area contributed by atoms with E-state index in [0.717, 1.165) is 16.7 Å². The van der Waals surface area contributed by atoms with Crippen LogP contribution in [0, 0.1) is 6.92 Å². The topological polar surface area (TPSA) is 63.6 Å². The number of hydrogen-bond donors (Lipinski definition) is 1. The summed E-state index contributed by atoms with van der Waals surface area (Å²) in [6, 6.07) is 12.1. The van der Waals surface area contributed by atoms with E-state index in [1.165, 1.54) is 7.11 Å². The maximum Gasteiger partial charge on any atom is 0.337 e. The van der Waals surface area contributed by atoms with Gasteiger partial charge in [-0.2, -0.15) is 0 Å². The molecule has 0 spiro atoms. The van der Waals surface area contributed by atoms with Crippen LogP contribution in [0.15, 0.2) is 42.5 Å². The van der Waals surface area contributed by atoms with E-state index in [9.17, 15) is 14.3 Å². The summed E-state index contributed by atoms with van der Waals surface area (Å²) in [7, 11) is -1.46. The van der Waals surface area contributed by atoms with Crippen molar-refractivity contribution in [1.29, 1.82) is 0 Å². The van der Waals surface area contributed by atoms with E-state index in [1.807, 2.05) is 13.0 Å². The number of aryl methyl sites for hydroxylation is 1. The molecule has 1 unspecified atom stereocenters. The fourth-order valence-electron chi connectivity index (χ4n) is 2.12. The molecule has 0 amide bonds. The molecule has 2 aromatic carbocycles. The van der Waals surface area contributed by atoms with Crippen molar-refractivity contribution in [2.24, 2.45) is 0 Å². The number of hydrogen-bond acceptors (Lipinski definition) is 3. The SMILES string of the molecule is COC(=O)c1ccc(-c2c(C)cccc2[PH](=O)O)cc1. The molecule has 4 nitrogen and oxygen atoms in total. The molecule has 0 saturated heterocycles. The summed E-state index contributed by atoms with van der Waals surface area (Å²) in [5.74, 6) is -0.405. The Balaban J connectivity index is 2.52. The van der Waals surface area contributed by atoms with Crippen LogP contribution in [-0.4, -0.2) is 18.0 Å². The molecule has 0 aliphatic carbocycles. The van der Waals surface area contributed by atoms with Crippen molar-refractivity contribution in [2.45, 2.75) is 6.92 Å². The van der Waals surface area contributed by atoms with Gasteiger partial charge in [0.1, 0.15) is 0 Å². The lowest BCUT2D eigenvalue weighted by molar-refractivity contribution is 0.0601. The molecule has 5 heteroatoms. The first kappa shape index (κ1) is 14.5. The fraction of sp³-hybridized carbons (Fsp3) is 0.133. The number of carbonyl (C=O) groups is 1. The number of methoxy groups -OCH3 is 1. The van der Waals surface area contributed by atoms with Crippen molar-refractivity contribution in [3.63, 3.8) is 0 Å². The zero-order valence-electron chi connectivity index (χ0n) is 11.2. The molecular weight excluding hydrogens is 275 g/mol. The van der Waals surface area contributed by atoms with Gasteiger partial charge in [-0.15, -0.1) is 0 Å². The average Bonchev–Trinajstić information content (AvgIpc) is 2.46. The minimum absolute atomic E-state index is 0.405. The molecule has 0 aromatic heterocycles. The Morgan fingerprint density at radius 2 is 1.80 bits per heavy atom. The Morgan fingerprint density at radius 3 is 2.35 bits per heavy atom. The molecule has 0 heterocycles. The Labute approximate surface area is 117 Å². The summed E-state index contributed by atoms with van der Waals surface area (Å²) >= 11 is 0. The van der Waals surface area contributed by atoms with Crippen LogP contribution in [0.5, 0.6) is 0 Å². The van der Waals surface area contributed by atoms with Crippen LogP contribution in [-0.2, 0) is 9.30 Å². The van der Waals surface area contributed by atoms with Gasteiger partial charge in [0.25, 0.3) is 0 Å². The third kappa shape index (κ3) is 2.82. The Bertz CT molecular complexity index is 662. The van der Waals surface area contributed by atoms with Gasteiger partial charge in [-0.25, -0.2) is 4.79 Å². The Kier molecular flexibility index (Phi) is 4.38. The number of esters is 1. The Hall–Kier alpha value is -1.90. The molecule has 0 radical (unpaired) electrons. The summed E-state index contributed by atoms with van der Waals surface area (Å²) < 4.78 is 16.1. The lowest BCUT2D eigenvalue weighted by atomic mass is 9.99. The summed E-state index contributed by atoms with van der Waals surface area (Å²) in [5, 5.41) is 0.431. The van der Waals surface area contributed by atoms with Gasteiger partial charge in [0.05, 0.1) is 12.7 Å². The first-order chi connectivity index (χ1) is 9.54. The minimum atomic E-state index is -2.78. The predicted molar refractivity (Wildman–Crippen MR) is 78.8 cm³/mol. The number of carbonyl (C=O) groups excluding carboxylic acids is 1. The summed E-state index contributed by atoms with van der Waals surface area (Å²) in [4.78, 5) is 20.8. The van der Waals surface area contributed by atoms with E-state index in [2.05, 4.69) is 4.74 Å². The van der Waals surface area contributed by atoms with Crippen LogP contribution in [0.2, 0.25) is 0 Å². The summed E-state index contributed by atoms with van der Waals surface area (Å²) in [6.07, 6.45) is 0. The molecule has 2 aromatic rings. The predicted octanol–water partition coefficient (Wildman–Crippen LogP) is 2.54. The Morgan fingerprint density at radius 1 is 1.15 bits per heavy atom. The highest BCUT2D eigenvalue weighted by atomic mass is 31.1. The second-order valence-corrected chi connectivity index (χ2v) is 5.52. The van der Waals surface area contributed by atoms with E-state index < -0.39 is 14.0 Å². The van der Waals surface area contributed by atoms with Gasteiger partial charge < -0.3 is 9.63 Å². The summed E-state index contributed by atoms with van der Waals surface area (Å²) in [5.41, 5.74) is 2.91. The van der Waals surface area contributed by atoms with Crippen LogP contribution in [0.1, 0.15) is 15.9 Å². The van der Waals surface area contributed by atoms with Crippen molar-refractivity contribution in [1.82, 2.24) is 0 Å². The van der Waals surface area contributed by atoms with Crippen LogP contribution in [0.4, 0.5) is 0 Å². The fourth-order valence-corrected chi connectivity index (χ4v) is 2.91. The van der Waals surface area contributed by atoms with Crippen LogP contribution < -0.4 is 5.30 Å². The van der Waals surface area contributed by atoms with Crippen molar-refractivity contribution in [2.75, 3.05) is 7.11 Å². The van der Waals surface area contributed by atoms with E-state index in [4.69, 9.17) is 0 Å². The minimum Gasteiger partial charge on any atom is -0.465 e. The van der Waals surface area contributed by atoms with E-state index in [-0.39, 0.29) is 0 Å². The highest BCUT2D eigenvalue weighted by Crippen LogP contribution is 2.28. The van der Waals surface area contributed by atoms with Gasteiger partial charge in [-0.05, 0) is 41.8 Å². The van der Waals surface area contributed by atoms with E-state index in [1.54, 1.807) is 36.4 Å². The zero-order valence-corrected chi connectivity index (χ0v) is 12.2. The van der Waals surface area contributed by atoms with Gasteiger partial charge in [0, 0.05) is 5.30 Å². The quantitative estimate of drug-likeness (QED) is 0.697. The van der Waals surface area contributed by atoms with Crippen molar-refractivity contribution >= 4 is 19.3 Å². The molecule has 0 bridgehead atoms. The molecule has 1 N–H and O–H groups in total. The normalized spacial score (nSPS) is 11.9. The maximum atomic E-state index is 11.5. The first-order valence-corrected chi connectivity index (χ1v) is 7.42. The van der Waals surface area contributed by atoms with Crippen LogP contribution >= 0.6 is 8.03 Å². The monoisotopic (exact) mass is 290 g/mol. The highest BCUT2D eigenvalue weighted by molar-refractivity contribution is 7.47. The van der Waals surface area contributed by atoms with E-state index >= 15 is 0 Å². The maximum absolute atomic E-state index is 11.5. The van der Waals surface area contributed by atoms with Crippen LogP contribution in [0.3, 0.4) is 0 Å². The van der Waals surface area contributed by atoms with Gasteiger partial charge in [-0.3, -0.25) is 4.57 Å². The molecule has 0 aliphatic heterocycles. The molecule has 0 fully saturated rings.